The Kier molecular flexibility index (Phi) is 4.65. The molecule has 1 aromatic heterocycles. The van der Waals surface area contributed by atoms with Crippen molar-refractivity contribution in [2.75, 3.05) is 12.4 Å². The lowest BCUT2D eigenvalue weighted by Gasteiger charge is -2.03. The monoisotopic (exact) mass is 276 g/mol. The number of thiazole rings is 1. The van der Waals surface area contributed by atoms with Gasteiger partial charge in [-0.25, -0.2) is 4.98 Å². The molecule has 2 aromatic rings. The quantitative estimate of drug-likeness (QED) is 0.913. The first-order valence-corrected chi connectivity index (χ1v) is 6.79. The second kappa shape index (κ2) is 6.45. The molecule has 0 unspecified atom stereocenters. The Morgan fingerprint density at radius 1 is 1.37 bits per heavy atom. The molecule has 5 heteroatoms. The molecule has 19 heavy (non-hydrogen) atoms. The van der Waals surface area contributed by atoms with Crippen molar-refractivity contribution in [3.8, 4) is 0 Å². The maximum absolute atomic E-state index is 11.9. The van der Waals surface area contributed by atoms with Gasteiger partial charge in [0.15, 0.2) is 0 Å². The van der Waals surface area contributed by atoms with Gasteiger partial charge >= 0.3 is 0 Å². The van der Waals surface area contributed by atoms with Gasteiger partial charge in [-0.3, -0.25) is 4.79 Å². The van der Waals surface area contributed by atoms with Crippen LogP contribution in [-0.2, 0) is 22.6 Å². The highest BCUT2D eigenvalue weighted by Gasteiger charge is 2.11. The highest BCUT2D eigenvalue weighted by Crippen LogP contribution is 2.19. The Hall–Kier alpha value is -1.72. The Labute approximate surface area is 116 Å². The number of aryl methyl sites for hydroxylation is 1. The van der Waals surface area contributed by atoms with Crippen LogP contribution in [0.5, 0.6) is 0 Å². The van der Waals surface area contributed by atoms with Crippen LogP contribution >= 0.6 is 11.3 Å². The minimum Gasteiger partial charge on any atom is -0.378 e. The number of hydrogen-bond donors (Lipinski definition) is 1. The number of methoxy groups -OCH3 is 1. The maximum Gasteiger partial charge on any atom is 0.229 e. The van der Waals surface area contributed by atoms with E-state index in [1.54, 1.807) is 7.11 Å². The number of amides is 1. The predicted octanol–water partition coefficient (Wildman–Crippen LogP) is 2.78. The minimum atomic E-state index is -0.0260. The van der Waals surface area contributed by atoms with E-state index in [-0.39, 0.29) is 5.91 Å². The van der Waals surface area contributed by atoms with Crippen molar-refractivity contribution in [3.05, 3.63) is 45.9 Å². The second-order valence-corrected chi connectivity index (χ2v) is 5.31. The average Bonchev–Trinajstić information content (AvgIpc) is 2.71. The molecule has 0 atom stereocenters. The van der Waals surface area contributed by atoms with E-state index in [2.05, 4.69) is 10.3 Å². The summed E-state index contributed by atoms with van der Waals surface area (Å²) in [6.45, 7) is 2.41. The summed E-state index contributed by atoms with van der Waals surface area (Å²) in [7, 11) is 1.64. The first-order valence-electron chi connectivity index (χ1n) is 5.98. The van der Waals surface area contributed by atoms with Crippen LogP contribution < -0.4 is 5.32 Å². The van der Waals surface area contributed by atoms with E-state index in [4.69, 9.17) is 4.74 Å². The van der Waals surface area contributed by atoms with Gasteiger partial charge in [-0.2, -0.15) is 0 Å². The summed E-state index contributed by atoms with van der Waals surface area (Å²) in [5.41, 5.74) is 1.71. The third kappa shape index (κ3) is 3.87. The van der Waals surface area contributed by atoms with Crippen molar-refractivity contribution in [1.82, 2.24) is 4.98 Å². The number of nitrogens with zero attached hydrogens (tertiary/aromatic N) is 1. The molecular formula is C14H16N2O2S. The molecule has 0 aliphatic heterocycles. The van der Waals surface area contributed by atoms with Crippen LogP contribution in [0.15, 0.2) is 30.3 Å². The zero-order chi connectivity index (χ0) is 13.7. The van der Waals surface area contributed by atoms with Crippen molar-refractivity contribution in [1.29, 1.82) is 0 Å². The number of hydrogen-bond acceptors (Lipinski definition) is 4. The maximum atomic E-state index is 11.9. The molecule has 0 bridgehead atoms. The molecule has 1 N–H and O–H groups in total. The summed E-state index contributed by atoms with van der Waals surface area (Å²) in [5.74, 6) is -0.0260. The molecule has 1 heterocycles. The third-order valence-corrected chi connectivity index (χ3v) is 3.71. The number of para-hydroxylation sites is 1. The van der Waals surface area contributed by atoms with Crippen molar-refractivity contribution in [2.45, 2.75) is 20.0 Å². The second-order valence-electron chi connectivity index (χ2n) is 4.14. The summed E-state index contributed by atoms with van der Waals surface area (Å²) in [6.07, 6.45) is 0.349. The van der Waals surface area contributed by atoms with E-state index in [1.807, 2.05) is 37.3 Å². The van der Waals surface area contributed by atoms with Gasteiger partial charge in [0, 0.05) is 17.7 Å². The van der Waals surface area contributed by atoms with E-state index >= 15 is 0 Å². The van der Waals surface area contributed by atoms with Crippen molar-refractivity contribution in [2.24, 2.45) is 0 Å². The van der Waals surface area contributed by atoms with Crippen LogP contribution in [0.1, 0.15) is 15.6 Å². The largest absolute Gasteiger partial charge is 0.378 e. The van der Waals surface area contributed by atoms with Gasteiger partial charge in [0.2, 0.25) is 5.91 Å². The molecule has 4 nitrogen and oxygen atoms in total. The van der Waals surface area contributed by atoms with E-state index in [0.717, 1.165) is 21.3 Å². The number of nitrogens with one attached hydrogen (secondary N) is 1. The lowest BCUT2D eigenvalue weighted by molar-refractivity contribution is -0.115. The van der Waals surface area contributed by atoms with Crippen molar-refractivity contribution >= 4 is 22.9 Å². The molecule has 0 spiro atoms. The average molecular weight is 276 g/mol. The van der Waals surface area contributed by atoms with Crippen LogP contribution in [-0.4, -0.2) is 18.0 Å². The molecule has 0 saturated heterocycles. The first kappa shape index (κ1) is 13.7. The Bertz CT molecular complexity index is 552. The van der Waals surface area contributed by atoms with E-state index in [0.29, 0.717) is 13.0 Å². The molecule has 1 amide bonds. The van der Waals surface area contributed by atoms with Crippen LogP contribution in [0.4, 0.5) is 5.69 Å². The van der Waals surface area contributed by atoms with E-state index in [9.17, 15) is 4.79 Å². The highest BCUT2D eigenvalue weighted by molar-refractivity contribution is 7.11. The molecule has 2 rings (SSSR count). The number of anilines is 1. The van der Waals surface area contributed by atoms with Crippen LogP contribution in [0.3, 0.4) is 0 Å². The standard InChI is InChI=1S/C14H16N2O2S/c1-10-12(19-14(15-10)9-18-2)8-13(17)16-11-6-4-3-5-7-11/h3-7H,8-9H2,1-2H3,(H,16,17). The third-order valence-electron chi connectivity index (χ3n) is 2.58. The van der Waals surface area contributed by atoms with Gasteiger partial charge in [-0.15, -0.1) is 11.3 Å². The fourth-order valence-corrected chi connectivity index (χ4v) is 2.75. The smallest absolute Gasteiger partial charge is 0.229 e. The van der Waals surface area contributed by atoms with Crippen LogP contribution in [0, 0.1) is 6.92 Å². The summed E-state index contributed by atoms with van der Waals surface area (Å²) < 4.78 is 5.04. The fourth-order valence-electron chi connectivity index (χ4n) is 1.71. The number of aromatic nitrogens is 1. The zero-order valence-electron chi connectivity index (χ0n) is 11.0. The van der Waals surface area contributed by atoms with Gasteiger partial charge in [0.25, 0.3) is 0 Å². The minimum absolute atomic E-state index is 0.0260. The van der Waals surface area contributed by atoms with E-state index in [1.165, 1.54) is 11.3 Å². The Morgan fingerprint density at radius 2 is 2.11 bits per heavy atom. The highest BCUT2D eigenvalue weighted by atomic mass is 32.1. The van der Waals surface area contributed by atoms with Gasteiger partial charge in [-0.05, 0) is 19.1 Å². The zero-order valence-corrected chi connectivity index (χ0v) is 11.8. The van der Waals surface area contributed by atoms with Gasteiger partial charge in [-0.1, -0.05) is 18.2 Å². The fraction of sp³-hybridized carbons (Fsp3) is 0.286. The number of carbonyl (C=O) groups excluding carboxylic acids is 1. The molecule has 0 aliphatic rings. The molecule has 0 saturated carbocycles. The molecule has 0 fully saturated rings. The molecule has 100 valence electrons. The lowest BCUT2D eigenvalue weighted by Crippen LogP contribution is -2.14. The van der Waals surface area contributed by atoms with Crippen molar-refractivity contribution in [3.63, 3.8) is 0 Å². The molecule has 1 aromatic carbocycles. The number of rotatable bonds is 5. The predicted molar refractivity (Wildman–Crippen MR) is 76.3 cm³/mol. The van der Waals surface area contributed by atoms with E-state index < -0.39 is 0 Å². The lowest BCUT2D eigenvalue weighted by atomic mass is 10.2. The summed E-state index contributed by atoms with van der Waals surface area (Å²) in [5, 5.41) is 3.77. The van der Waals surface area contributed by atoms with Crippen LogP contribution in [0.25, 0.3) is 0 Å². The van der Waals surface area contributed by atoms with Gasteiger partial charge in [0.1, 0.15) is 5.01 Å². The summed E-state index contributed by atoms with van der Waals surface area (Å²) in [6, 6.07) is 9.44. The molecule has 0 aliphatic carbocycles. The Balaban J connectivity index is 1.99. The normalized spacial score (nSPS) is 10.4. The Morgan fingerprint density at radius 3 is 2.79 bits per heavy atom. The van der Waals surface area contributed by atoms with Crippen molar-refractivity contribution < 1.29 is 9.53 Å². The topological polar surface area (TPSA) is 51.2 Å². The SMILES string of the molecule is COCc1nc(C)c(CC(=O)Nc2ccccc2)s1. The number of benzene rings is 1. The molecular weight excluding hydrogens is 260 g/mol. The molecule has 0 radical (unpaired) electrons. The van der Waals surface area contributed by atoms with Gasteiger partial charge in [0.05, 0.1) is 18.7 Å². The summed E-state index contributed by atoms with van der Waals surface area (Å²) >= 11 is 1.53. The van der Waals surface area contributed by atoms with Crippen LogP contribution in [0.2, 0.25) is 0 Å². The number of carbonyl (C=O) groups is 1. The number of ether oxygens (including phenoxy) is 1. The first-order chi connectivity index (χ1) is 9.19. The summed E-state index contributed by atoms with van der Waals surface area (Å²) in [4.78, 5) is 17.3. The van der Waals surface area contributed by atoms with Gasteiger partial charge < -0.3 is 10.1 Å².